The predicted octanol–water partition coefficient (Wildman–Crippen LogP) is 6.55. The molecule has 0 aliphatic heterocycles. The van der Waals surface area contributed by atoms with Gasteiger partial charge in [-0.3, -0.25) is 4.79 Å². The van der Waals surface area contributed by atoms with Gasteiger partial charge in [-0.1, -0.05) is 27.7 Å². The van der Waals surface area contributed by atoms with Crippen LogP contribution in [-0.4, -0.2) is 5.78 Å². The van der Waals surface area contributed by atoms with Crippen molar-refractivity contribution in [3.05, 3.63) is 67.8 Å². The van der Waals surface area contributed by atoms with Gasteiger partial charge in [0.15, 0.2) is 5.78 Å². The zero-order chi connectivity index (χ0) is 23.6. The first-order chi connectivity index (χ1) is 15.3. The van der Waals surface area contributed by atoms with E-state index in [-0.39, 0.29) is 5.78 Å². The summed E-state index contributed by atoms with van der Waals surface area (Å²) in [5.41, 5.74) is 25.7. The van der Waals surface area contributed by atoms with Crippen molar-refractivity contribution in [1.82, 2.24) is 0 Å². The fourth-order valence-electron chi connectivity index (χ4n) is 5.04. The molecule has 1 fully saturated rings. The number of carbonyl (C=O) groups excluding carboxylic acids is 1. The van der Waals surface area contributed by atoms with E-state index in [1.165, 1.54) is 22.3 Å². The molecule has 3 nitrogen and oxygen atoms in total. The maximum Gasteiger partial charge on any atom is 0.185 e. The molecule has 0 saturated heterocycles. The predicted molar refractivity (Wildman–Crippen MR) is 139 cm³/mol. The Labute approximate surface area is 193 Å². The number of nitrogen functional groups attached to an aromatic ring is 2. The number of aryl methyl sites for hydroxylation is 2. The third-order valence-electron chi connectivity index (χ3n) is 7.15. The summed E-state index contributed by atoms with van der Waals surface area (Å²) < 4.78 is 0. The van der Waals surface area contributed by atoms with Crippen LogP contribution in [0.2, 0.25) is 0 Å². The fraction of sp³-hybridized carbons (Fsp3) is 0.414. The van der Waals surface area contributed by atoms with Gasteiger partial charge in [-0.15, -0.1) is 0 Å². The van der Waals surface area contributed by atoms with Crippen LogP contribution in [0.4, 0.5) is 11.4 Å². The third kappa shape index (κ3) is 4.26. The van der Waals surface area contributed by atoms with Crippen LogP contribution < -0.4 is 11.5 Å². The zero-order valence-electron chi connectivity index (χ0n) is 20.6. The van der Waals surface area contributed by atoms with Crippen molar-refractivity contribution in [1.29, 1.82) is 0 Å². The van der Waals surface area contributed by atoms with Gasteiger partial charge in [-0.25, -0.2) is 0 Å². The Morgan fingerprint density at radius 3 is 1.41 bits per heavy atom. The summed E-state index contributed by atoms with van der Waals surface area (Å²) in [6.45, 7) is 12.8. The lowest BCUT2D eigenvalue weighted by Crippen LogP contribution is -2.04. The number of rotatable bonds is 6. The van der Waals surface area contributed by atoms with Gasteiger partial charge >= 0.3 is 0 Å². The number of nitrogens with two attached hydrogens (primary N) is 2. The molecule has 0 aromatic heterocycles. The summed E-state index contributed by atoms with van der Waals surface area (Å²) >= 11 is 0. The van der Waals surface area contributed by atoms with Crippen LogP contribution in [-0.2, 0) is 30.5 Å². The Balaban J connectivity index is 2.02. The lowest BCUT2D eigenvalue weighted by atomic mass is 9.91. The van der Waals surface area contributed by atoms with E-state index in [0.29, 0.717) is 0 Å². The lowest BCUT2D eigenvalue weighted by Gasteiger charge is -2.16. The summed E-state index contributed by atoms with van der Waals surface area (Å²) in [4.78, 5) is 13.3. The maximum absolute atomic E-state index is 13.3. The lowest BCUT2D eigenvalue weighted by molar-refractivity contribution is -0.111. The molecule has 2 aromatic rings. The van der Waals surface area contributed by atoms with Crippen molar-refractivity contribution < 1.29 is 4.79 Å². The van der Waals surface area contributed by atoms with Crippen molar-refractivity contribution in [2.24, 2.45) is 0 Å². The second-order valence-electron chi connectivity index (χ2n) is 8.87. The van der Waals surface area contributed by atoms with Gasteiger partial charge in [-0.2, -0.15) is 0 Å². The van der Waals surface area contributed by atoms with E-state index in [9.17, 15) is 4.79 Å². The second-order valence-corrected chi connectivity index (χ2v) is 8.87. The molecular weight excluding hydrogens is 392 g/mol. The molecule has 3 rings (SSSR count). The zero-order valence-corrected chi connectivity index (χ0v) is 20.6. The van der Waals surface area contributed by atoms with Gasteiger partial charge in [0.05, 0.1) is 0 Å². The topological polar surface area (TPSA) is 69.1 Å². The van der Waals surface area contributed by atoms with Gasteiger partial charge in [0.25, 0.3) is 0 Å². The highest BCUT2D eigenvalue weighted by Crippen LogP contribution is 2.34. The molecule has 1 aliphatic rings. The van der Waals surface area contributed by atoms with E-state index in [1.807, 2.05) is 0 Å². The summed E-state index contributed by atoms with van der Waals surface area (Å²) in [5.74, 6) is 0.171. The van der Waals surface area contributed by atoms with Crippen molar-refractivity contribution in [2.45, 2.75) is 80.1 Å². The minimum atomic E-state index is 0.171. The minimum absolute atomic E-state index is 0.171. The van der Waals surface area contributed by atoms with Gasteiger partial charge in [-0.05, 0) is 121 Å². The Morgan fingerprint density at radius 1 is 0.719 bits per heavy atom. The van der Waals surface area contributed by atoms with Crippen LogP contribution in [0, 0.1) is 13.8 Å². The minimum Gasteiger partial charge on any atom is -0.398 e. The van der Waals surface area contributed by atoms with Crippen molar-refractivity contribution in [3.63, 3.8) is 0 Å². The summed E-state index contributed by atoms with van der Waals surface area (Å²) in [7, 11) is 0. The molecule has 0 spiro atoms. The molecule has 2 aromatic carbocycles. The first-order valence-corrected chi connectivity index (χ1v) is 12.0. The molecule has 0 radical (unpaired) electrons. The van der Waals surface area contributed by atoms with E-state index in [1.54, 1.807) is 0 Å². The smallest absolute Gasteiger partial charge is 0.185 e. The van der Waals surface area contributed by atoms with Crippen LogP contribution >= 0.6 is 0 Å². The van der Waals surface area contributed by atoms with Crippen LogP contribution in [0.1, 0.15) is 85.0 Å². The Morgan fingerprint density at radius 2 is 1.09 bits per heavy atom. The second kappa shape index (κ2) is 9.77. The molecule has 3 heteroatoms. The molecule has 0 unspecified atom stereocenters. The SMILES string of the molecule is CCc1cc(C=C2CCC(=Cc3cc(CC)c(N)c(CC)c3C)C2=O)c(C)c(CC)c1N. The van der Waals surface area contributed by atoms with Crippen LogP contribution in [0.3, 0.4) is 0 Å². The third-order valence-corrected chi connectivity index (χ3v) is 7.15. The number of carbonyl (C=O) groups is 1. The molecule has 32 heavy (non-hydrogen) atoms. The Bertz CT molecular complexity index is 1030. The number of Topliss-reactive ketones (excluding diaryl/α,β-unsaturated/α-hetero) is 1. The number of benzene rings is 2. The molecule has 0 atom stereocenters. The van der Waals surface area contributed by atoms with E-state index in [0.717, 1.165) is 83.3 Å². The number of anilines is 2. The quantitative estimate of drug-likeness (QED) is 0.403. The monoisotopic (exact) mass is 430 g/mol. The van der Waals surface area contributed by atoms with Crippen LogP contribution in [0.5, 0.6) is 0 Å². The number of allylic oxidation sites excluding steroid dienone is 2. The normalized spacial score (nSPS) is 16.5. The Kier molecular flexibility index (Phi) is 7.28. The van der Waals surface area contributed by atoms with E-state index >= 15 is 0 Å². The molecule has 0 amide bonds. The summed E-state index contributed by atoms with van der Waals surface area (Å²) in [5, 5.41) is 0. The fourth-order valence-corrected chi connectivity index (χ4v) is 5.04. The standard InChI is InChI=1S/C29H38N2O/c1-7-19-13-23(17(5)25(9-3)27(19)30)15-21-11-12-22(29(21)32)16-24-14-20(8-2)28(31)26(10-4)18(24)6/h13-16H,7-12,30-31H2,1-6H3. The average molecular weight is 431 g/mol. The highest BCUT2D eigenvalue weighted by molar-refractivity contribution is 6.15. The van der Waals surface area contributed by atoms with Gasteiger partial charge in [0.1, 0.15) is 0 Å². The van der Waals surface area contributed by atoms with Crippen molar-refractivity contribution >= 4 is 29.3 Å². The molecule has 0 heterocycles. The molecule has 170 valence electrons. The number of hydrogen-bond donors (Lipinski definition) is 2. The van der Waals surface area contributed by atoms with Crippen LogP contribution in [0.15, 0.2) is 23.3 Å². The van der Waals surface area contributed by atoms with E-state index < -0.39 is 0 Å². The van der Waals surface area contributed by atoms with Crippen LogP contribution in [0.25, 0.3) is 12.2 Å². The van der Waals surface area contributed by atoms with Gasteiger partial charge < -0.3 is 11.5 Å². The first-order valence-electron chi connectivity index (χ1n) is 12.0. The number of hydrogen-bond acceptors (Lipinski definition) is 3. The van der Waals surface area contributed by atoms with Crippen molar-refractivity contribution in [3.8, 4) is 0 Å². The highest BCUT2D eigenvalue weighted by atomic mass is 16.1. The highest BCUT2D eigenvalue weighted by Gasteiger charge is 2.24. The average Bonchev–Trinajstić information content (AvgIpc) is 3.11. The van der Waals surface area contributed by atoms with E-state index in [4.69, 9.17) is 11.5 Å². The number of ketones is 1. The summed E-state index contributed by atoms with van der Waals surface area (Å²) in [6.07, 6.45) is 9.35. The largest absolute Gasteiger partial charge is 0.398 e. The first kappa shape index (κ1) is 23.8. The van der Waals surface area contributed by atoms with Crippen molar-refractivity contribution in [2.75, 3.05) is 11.5 Å². The van der Waals surface area contributed by atoms with Gasteiger partial charge in [0.2, 0.25) is 0 Å². The molecule has 1 aliphatic carbocycles. The Hall–Kier alpha value is -2.81. The maximum atomic E-state index is 13.3. The molecular formula is C29H38N2O. The summed E-state index contributed by atoms with van der Waals surface area (Å²) in [6, 6.07) is 4.33. The molecule has 1 saturated carbocycles. The van der Waals surface area contributed by atoms with E-state index in [2.05, 4.69) is 65.8 Å². The van der Waals surface area contributed by atoms with Gasteiger partial charge in [0, 0.05) is 22.5 Å². The molecule has 4 N–H and O–H groups in total. The molecule has 0 bridgehead atoms.